The first-order chi connectivity index (χ1) is 14.1. The Morgan fingerprint density at radius 2 is 2.03 bits per heavy atom. The first kappa shape index (κ1) is 19.2. The largest absolute Gasteiger partial charge is 0.384 e. The number of hydrogen-bond donors (Lipinski definition) is 4. The van der Waals surface area contributed by atoms with Gasteiger partial charge in [-0.3, -0.25) is 4.98 Å². The molecule has 0 spiro atoms. The number of anilines is 1. The van der Waals surface area contributed by atoms with Crippen LogP contribution in [0.5, 0.6) is 0 Å². The molecular weight excluding hydrogens is 400 g/mol. The van der Waals surface area contributed by atoms with Gasteiger partial charge >= 0.3 is 0 Å². The zero-order valence-corrected chi connectivity index (χ0v) is 15.8. The Morgan fingerprint density at radius 3 is 2.77 bits per heavy atom. The number of nitrogens with zero attached hydrogens (tertiary/aromatic N) is 4. The lowest BCUT2D eigenvalue weighted by molar-refractivity contribution is -0.163. The third-order valence-corrected chi connectivity index (χ3v) is 6.16. The molecule has 158 valence electrons. The summed E-state index contributed by atoms with van der Waals surface area (Å²) in [6, 6.07) is 4.08. The summed E-state index contributed by atoms with van der Waals surface area (Å²) in [5, 5.41) is 33.9. The van der Waals surface area contributed by atoms with Crippen LogP contribution in [0.4, 0.5) is 14.6 Å². The van der Waals surface area contributed by atoms with Crippen molar-refractivity contribution < 1.29 is 28.8 Å². The number of hydrogen-bond acceptors (Lipinski definition) is 8. The van der Waals surface area contributed by atoms with Gasteiger partial charge in [-0.2, -0.15) is 0 Å². The van der Waals surface area contributed by atoms with Crippen LogP contribution in [0, 0.1) is 0 Å². The van der Waals surface area contributed by atoms with Gasteiger partial charge in [-0.05, 0) is 30.7 Å². The van der Waals surface area contributed by atoms with Gasteiger partial charge in [0.1, 0.15) is 46.4 Å². The molecule has 0 bridgehead atoms. The number of ether oxygens (including phenoxy) is 1. The Balaban J connectivity index is 1.56. The molecule has 5 rings (SSSR count). The number of alkyl halides is 2. The Kier molecular flexibility index (Phi) is 3.79. The Labute approximate surface area is 168 Å². The van der Waals surface area contributed by atoms with Crippen molar-refractivity contribution in [1.82, 2.24) is 19.5 Å². The van der Waals surface area contributed by atoms with Crippen LogP contribution in [0.3, 0.4) is 0 Å². The van der Waals surface area contributed by atoms with Crippen molar-refractivity contribution >= 4 is 16.9 Å². The minimum absolute atomic E-state index is 0.0709. The van der Waals surface area contributed by atoms with Crippen molar-refractivity contribution in [2.75, 3.05) is 5.73 Å². The number of aliphatic hydroxyl groups is 3. The lowest BCUT2D eigenvalue weighted by atomic mass is 9.86. The Morgan fingerprint density at radius 1 is 1.27 bits per heavy atom. The third kappa shape index (κ3) is 2.37. The van der Waals surface area contributed by atoms with Gasteiger partial charge in [0.05, 0.1) is 5.39 Å². The SMILES string of the molecule is C[C@@](O)(c1ccnc(C(F)F)c1)[C@H]1O[C@@H](n2ccc3c(N)ncnc32)[C@]2(O)C[C@@]12O. The maximum Gasteiger partial charge on any atom is 0.280 e. The molecule has 1 saturated carbocycles. The molecule has 2 fully saturated rings. The lowest BCUT2D eigenvalue weighted by Crippen LogP contribution is -2.46. The van der Waals surface area contributed by atoms with Crippen molar-refractivity contribution in [2.45, 2.75) is 48.9 Å². The minimum Gasteiger partial charge on any atom is -0.384 e. The maximum absolute atomic E-state index is 13.1. The van der Waals surface area contributed by atoms with Crippen molar-refractivity contribution in [2.24, 2.45) is 0 Å². The smallest absolute Gasteiger partial charge is 0.280 e. The standard InChI is InChI=1S/C19H19F2N5O4/c1-17(27,9-2-4-23-11(6-9)12(20)21)15-18(28)7-19(18,29)16(30-15)26-5-3-10-13(22)24-8-25-14(10)26/h2-6,8,12,15-16,27-29H,7H2,1H3,(H2,22,24,25)/t15-,16-,17-,18-,19-/m1/s1. The number of rotatable bonds is 4. The Hall–Kier alpha value is -2.73. The van der Waals surface area contributed by atoms with Crippen molar-refractivity contribution in [1.29, 1.82) is 0 Å². The van der Waals surface area contributed by atoms with Crippen molar-refractivity contribution in [3.8, 4) is 0 Å². The van der Waals surface area contributed by atoms with Crippen LogP contribution in [0.15, 0.2) is 36.9 Å². The van der Waals surface area contributed by atoms with E-state index in [9.17, 15) is 24.1 Å². The molecule has 1 aliphatic carbocycles. The zero-order chi connectivity index (χ0) is 21.5. The molecule has 3 aromatic rings. The molecule has 1 saturated heterocycles. The first-order valence-electron chi connectivity index (χ1n) is 9.24. The van der Waals surface area contributed by atoms with E-state index in [1.807, 2.05) is 0 Å². The van der Waals surface area contributed by atoms with Gasteiger partial charge in [-0.25, -0.2) is 18.7 Å². The second-order valence-electron chi connectivity index (χ2n) is 8.03. The predicted molar refractivity (Wildman–Crippen MR) is 99.1 cm³/mol. The molecule has 30 heavy (non-hydrogen) atoms. The predicted octanol–water partition coefficient (Wildman–Crippen LogP) is 1.02. The van der Waals surface area contributed by atoms with Crippen LogP contribution in [0.1, 0.15) is 37.3 Å². The second-order valence-corrected chi connectivity index (χ2v) is 8.03. The van der Waals surface area contributed by atoms with Gasteiger partial charge in [0.15, 0.2) is 6.23 Å². The van der Waals surface area contributed by atoms with Crippen LogP contribution < -0.4 is 5.73 Å². The van der Waals surface area contributed by atoms with E-state index in [1.165, 1.54) is 23.9 Å². The van der Waals surface area contributed by atoms with Gasteiger partial charge < -0.3 is 30.4 Å². The summed E-state index contributed by atoms with van der Waals surface area (Å²) in [4.78, 5) is 11.7. The number of nitrogens with two attached hydrogens (primary N) is 1. The number of nitrogen functional groups attached to an aromatic ring is 1. The summed E-state index contributed by atoms with van der Waals surface area (Å²) < 4.78 is 33.6. The van der Waals surface area contributed by atoms with Gasteiger partial charge in [0.25, 0.3) is 6.43 Å². The van der Waals surface area contributed by atoms with E-state index in [0.717, 1.165) is 12.3 Å². The molecular formula is C19H19F2N5O4. The summed E-state index contributed by atoms with van der Waals surface area (Å²) in [7, 11) is 0. The van der Waals surface area contributed by atoms with Crippen LogP contribution >= 0.6 is 0 Å². The molecule has 1 aliphatic heterocycles. The summed E-state index contributed by atoms with van der Waals surface area (Å²) in [6.07, 6.45) is -1.27. The summed E-state index contributed by atoms with van der Waals surface area (Å²) >= 11 is 0. The molecule has 5 N–H and O–H groups in total. The minimum atomic E-state index is -2.82. The molecule has 9 nitrogen and oxygen atoms in total. The van der Waals surface area contributed by atoms with Crippen molar-refractivity contribution in [3.63, 3.8) is 0 Å². The van der Waals surface area contributed by atoms with Gasteiger partial charge in [-0.1, -0.05) is 0 Å². The second kappa shape index (κ2) is 5.91. The number of fused-ring (bicyclic) bond motifs is 2. The average molecular weight is 419 g/mol. The Bertz CT molecular complexity index is 1150. The molecule has 11 heteroatoms. The highest BCUT2D eigenvalue weighted by atomic mass is 19.3. The molecule has 2 aliphatic rings. The molecule has 4 heterocycles. The van der Waals surface area contributed by atoms with E-state index >= 15 is 0 Å². The highest BCUT2D eigenvalue weighted by Crippen LogP contribution is 2.66. The zero-order valence-electron chi connectivity index (χ0n) is 15.8. The number of halogens is 2. The summed E-state index contributed by atoms with van der Waals surface area (Å²) in [5.41, 5.74) is 0.444. The topological polar surface area (TPSA) is 140 Å². The normalized spacial score (nSPS) is 32.4. The number of pyridine rings is 1. The van der Waals surface area contributed by atoms with Crippen molar-refractivity contribution in [3.05, 3.63) is 48.2 Å². The average Bonchev–Trinajstić information content (AvgIpc) is 2.99. The molecule has 0 radical (unpaired) electrons. The van der Waals surface area contributed by atoms with E-state index in [4.69, 9.17) is 10.5 Å². The van der Waals surface area contributed by atoms with Crippen LogP contribution in [0.2, 0.25) is 0 Å². The van der Waals surface area contributed by atoms with E-state index in [2.05, 4.69) is 15.0 Å². The lowest BCUT2D eigenvalue weighted by Gasteiger charge is -2.34. The van der Waals surface area contributed by atoms with Crippen LogP contribution in [0.25, 0.3) is 11.0 Å². The molecule has 0 unspecified atom stereocenters. The highest BCUT2D eigenvalue weighted by molar-refractivity contribution is 5.86. The highest BCUT2D eigenvalue weighted by Gasteiger charge is 2.83. The fourth-order valence-electron chi connectivity index (χ4n) is 4.45. The van der Waals surface area contributed by atoms with E-state index in [-0.39, 0.29) is 17.8 Å². The van der Waals surface area contributed by atoms with Crippen LogP contribution in [-0.4, -0.2) is 52.1 Å². The molecule has 3 aromatic heterocycles. The van der Waals surface area contributed by atoms with E-state index in [0.29, 0.717) is 11.0 Å². The fourth-order valence-corrected chi connectivity index (χ4v) is 4.45. The van der Waals surface area contributed by atoms with Gasteiger partial charge in [0.2, 0.25) is 0 Å². The maximum atomic E-state index is 13.1. The number of aromatic nitrogens is 4. The summed E-state index contributed by atoms with van der Waals surface area (Å²) in [5.74, 6) is 0.245. The molecule has 5 atom stereocenters. The first-order valence-corrected chi connectivity index (χ1v) is 9.24. The van der Waals surface area contributed by atoms with Gasteiger partial charge in [-0.15, -0.1) is 0 Å². The summed E-state index contributed by atoms with van der Waals surface area (Å²) in [6.45, 7) is 1.34. The third-order valence-electron chi connectivity index (χ3n) is 6.16. The monoisotopic (exact) mass is 419 g/mol. The molecule has 0 amide bonds. The fraction of sp³-hybridized carbons (Fsp3) is 0.421. The van der Waals surface area contributed by atoms with E-state index < -0.39 is 41.3 Å². The molecule has 0 aromatic carbocycles. The quantitative estimate of drug-likeness (QED) is 0.491. The van der Waals surface area contributed by atoms with Crippen LogP contribution in [-0.2, 0) is 10.3 Å². The van der Waals surface area contributed by atoms with Gasteiger partial charge in [0, 0.05) is 18.8 Å². The van der Waals surface area contributed by atoms with E-state index in [1.54, 1.807) is 12.3 Å².